The smallest absolute Gasteiger partial charge is 0.324 e. The van der Waals surface area contributed by atoms with E-state index in [4.69, 9.17) is 21.7 Å². The van der Waals surface area contributed by atoms with Gasteiger partial charge in [0.05, 0.1) is 0 Å². The van der Waals surface area contributed by atoms with Crippen LogP contribution in [0.3, 0.4) is 0 Å². The molecule has 0 aromatic heterocycles. The normalized spacial score (nSPS) is 18.5. The fraction of sp³-hybridized carbons (Fsp3) is 0.750. The zero-order valence-corrected chi connectivity index (χ0v) is 10.7. The highest BCUT2D eigenvalue weighted by molar-refractivity contribution is 8.76. The second-order valence-corrected chi connectivity index (χ2v) is 6.43. The lowest BCUT2D eigenvalue weighted by Gasteiger charge is -2.20. The molecule has 0 saturated carbocycles. The first-order chi connectivity index (χ1) is 7.09. The summed E-state index contributed by atoms with van der Waals surface area (Å²) in [6.45, 7) is 2.81. The first-order valence-electron chi connectivity index (χ1n) is 4.38. The Bertz CT molecular complexity index is 253. The summed E-state index contributed by atoms with van der Waals surface area (Å²) >= 11 is 0. The van der Waals surface area contributed by atoms with Crippen molar-refractivity contribution < 1.29 is 19.8 Å². The maximum absolute atomic E-state index is 10.7. The molecule has 8 heteroatoms. The SMILES string of the molecule is C[C@](N)(CSSC[C@](C)(N)C(=O)O)C(=O)O. The van der Waals surface area contributed by atoms with Crippen LogP contribution in [0.4, 0.5) is 0 Å². The van der Waals surface area contributed by atoms with E-state index < -0.39 is 23.0 Å². The first-order valence-corrected chi connectivity index (χ1v) is 6.87. The van der Waals surface area contributed by atoms with E-state index in [1.165, 1.54) is 35.4 Å². The average molecular weight is 268 g/mol. The minimum Gasteiger partial charge on any atom is -0.480 e. The van der Waals surface area contributed by atoms with Crippen LogP contribution in [0.1, 0.15) is 13.8 Å². The molecule has 0 aromatic rings. The monoisotopic (exact) mass is 268 g/mol. The molecule has 6 nitrogen and oxygen atoms in total. The van der Waals surface area contributed by atoms with Gasteiger partial charge in [0.1, 0.15) is 11.1 Å². The summed E-state index contributed by atoms with van der Waals surface area (Å²) in [7, 11) is 2.40. The Morgan fingerprint density at radius 2 is 1.25 bits per heavy atom. The van der Waals surface area contributed by atoms with Gasteiger partial charge in [0, 0.05) is 11.5 Å². The molecule has 0 fully saturated rings. The van der Waals surface area contributed by atoms with Crippen molar-refractivity contribution in [3.63, 3.8) is 0 Å². The fourth-order valence-corrected chi connectivity index (χ4v) is 3.32. The number of carboxylic acid groups (broad SMARTS) is 2. The van der Waals surface area contributed by atoms with Crippen LogP contribution in [0.5, 0.6) is 0 Å². The Kier molecular flexibility index (Phi) is 5.60. The van der Waals surface area contributed by atoms with Crippen LogP contribution < -0.4 is 11.5 Å². The van der Waals surface area contributed by atoms with Crippen LogP contribution >= 0.6 is 21.6 Å². The van der Waals surface area contributed by atoms with Gasteiger partial charge < -0.3 is 21.7 Å². The van der Waals surface area contributed by atoms with Gasteiger partial charge in [-0.2, -0.15) is 0 Å². The Labute approximate surface area is 102 Å². The highest BCUT2D eigenvalue weighted by Crippen LogP contribution is 2.27. The topological polar surface area (TPSA) is 127 Å². The molecule has 0 amide bonds. The van der Waals surface area contributed by atoms with Gasteiger partial charge in [0.2, 0.25) is 0 Å². The van der Waals surface area contributed by atoms with Crippen LogP contribution in [-0.2, 0) is 9.59 Å². The van der Waals surface area contributed by atoms with E-state index in [0.717, 1.165) is 0 Å². The second-order valence-electron chi connectivity index (χ2n) is 3.97. The molecule has 0 spiro atoms. The molecule has 6 N–H and O–H groups in total. The number of aliphatic carboxylic acids is 2. The Hall–Kier alpha value is -0.440. The lowest BCUT2D eigenvalue weighted by Crippen LogP contribution is -2.48. The van der Waals surface area contributed by atoms with Crippen LogP contribution in [-0.4, -0.2) is 44.7 Å². The molecule has 0 aliphatic heterocycles. The lowest BCUT2D eigenvalue weighted by molar-refractivity contribution is -0.142. The highest BCUT2D eigenvalue weighted by atomic mass is 33.1. The third kappa shape index (κ3) is 5.06. The highest BCUT2D eigenvalue weighted by Gasteiger charge is 2.30. The number of nitrogens with two attached hydrogens (primary N) is 2. The second kappa shape index (κ2) is 5.76. The number of hydrogen-bond donors (Lipinski definition) is 4. The van der Waals surface area contributed by atoms with Crippen molar-refractivity contribution >= 4 is 33.5 Å². The molecule has 0 radical (unpaired) electrons. The molecule has 94 valence electrons. The van der Waals surface area contributed by atoms with E-state index in [1.807, 2.05) is 0 Å². The summed E-state index contributed by atoms with van der Waals surface area (Å²) < 4.78 is 0. The summed E-state index contributed by atoms with van der Waals surface area (Å²) in [5.41, 5.74) is 8.35. The predicted molar refractivity (Wildman–Crippen MR) is 65.4 cm³/mol. The number of carbonyl (C=O) groups is 2. The molecule has 0 aliphatic rings. The van der Waals surface area contributed by atoms with Crippen LogP contribution in [0, 0.1) is 0 Å². The average Bonchev–Trinajstić information content (AvgIpc) is 2.12. The summed E-state index contributed by atoms with van der Waals surface area (Å²) in [6.07, 6.45) is 0. The van der Waals surface area contributed by atoms with Crippen LogP contribution in [0.25, 0.3) is 0 Å². The minimum atomic E-state index is -1.31. The van der Waals surface area contributed by atoms with Gasteiger partial charge in [-0.25, -0.2) is 0 Å². The summed E-state index contributed by atoms with van der Waals surface area (Å²) in [4.78, 5) is 21.3. The molecule has 0 rings (SSSR count). The van der Waals surface area contributed by atoms with Gasteiger partial charge in [-0.05, 0) is 13.8 Å². The molecule has 0 heterocycles. The van der Waals surface area contributed by atoms with Crippen molar-refractivity contribution in [2.75, 3.05) is 11.5 Å². The van der Waals surface area contributed by atoms with E-state index in [-0.39, 0.29) is 11.5 Å². The van der Waals surface area contributed by atoms with Crippen molar-refractivity contribution in [3.8, 4) is 0 Å². The first kappa shape index (κ1) is 15.6. The largest absolute Gasteiger partial charge is 0.480 e. The van der Waals surface area contributed by atoms with Crippen LogP contribution in [0.15, 0.2) is 0 Å². The molecule has 0 aromatic carbocycles. The van der Waals surface area contributed by atoms with Crippen molar-refractivity contribution in [2.24, 2.45) is 11.5 Å². The Morgan fingerprint density at radius 3 is 1.44 bits per heavy atom. The Balaban J connectivity index is 3.94. The minimum absolute atomic E-state index is 0.183. The summed E-state index contributed by atoms with van der Waals surface area (Å²) in [5, 5.41) is 17.4. The number of hydrogen-bond acceptors (Lipinski definition) is 6. The van der Waals surface area contributed by atoms with Crippen molar-refractivity contribution in [3.05, 3.63) is 0 Å². The number of carboxylic acids is 2. The lowest BCUT2D eigenvalue weighted by atomic mass is 10.1. The molecule has 16 heavy (non-hydrogen) atoms. The van der Waals surface area contributed by atoms with Gasteiger partial charge in [0.25, 0.3) is 0 Å². The molecule has 2 atom stereocenters. The summed E-state index contributed by atoms with van der Waals surface area (Å²) in [5.74, 6) is -1.81. The number of rotatable bonds is 7. The molecule has 0 saturated heterocycles. The third-order valence-electron chi connectivity index (χ3n) is 1.78. The predicted octanol–water partition coefficient (Wildman–Crippen LogP) is -0.0282. The molecule has 0 unspecified atom stereocenters. The van der Waals surface area contributed by atoms with E-state index in [2.05, 4.69) is 0 Å². The van der Waals surface area contributed by atoms with Crippen LogP contribution in [0.2, 0.25) is 0 Å². The van der Waals surface area contributed by atoms with Crippen molar-refractivity contribution in [1.29, 1.82) is 0 Å². The molecule has 0 bridgehead atoms. The van der Waals surface area contributed by atoms with Gasteiger partial charge in [-0.15, -0.1) is 0 Å². The molecular formula is C8H16N2O4S2. The van der Waals surface area contributed by atoms with E-state index in [0.29, 0.717) is 0 Å². The zero-order valence-electron chi connectivity index (χ0n) is 9.10. The fourth-order valence-electron chi connectivity index (χ4n) is 0.452. The van der Waals surface area contributed by atoms with Gasteiger partial charge in [0.15, 0.2) is 0 Å². The van der Waals surface area contributed by atoms with E-state index in [1.54, 1.807) is 0 Å². The van der Waals surface area contributed by atoms with Gasteiger partial charge >= 0.3 is 11.9 Å². The standard InChI is InChI=1S/C8H16N2O4S2/c1-7(9,5(11)12)3-15-16-4-8(2,10)6(13)14/h3-4,9-10H2,1-2H3,(H,11,12)(H,13,14)/t7-,8-/m0/s1. The van der Waals surface area contributed by atoms with E-state index >= 15 is 0 Å². The van der Waals surface area contributed by atoms with E-state index in [9.17, 15) is 9.59 Å². The molecule has 0 aliphatic carbocycles. The summed E-state index contributed by atoms with van der Waals surface area (Å²) in [6, 6.07) is 0. The maximum Gasteiger partial charge on any atom is 0.324 e. The molecular weight excluding hydrogens is 252 g/mol. The van der Waals surface area contributed by atoms with Crippen molar-refractivity contribution in [2.45, 2.75) is 24.9 Å². The maximum atomic E-state index is 10.7. The van der Waals surface area contributed by atoms with Gasteiger partial charge in [-0.3, -0.25) is 9.59 Å². The quantitative estimate of drug-likeness (QED) is 0.374. The third-order valence-corrected chi connectivity index (χ3v) is 4.59. The Morgan fingerprint density at radius 1 is 1.00 bits per heavy atom. The van der Waals surface area contributed by atoms with Crippen molar-refractivity contribution in [1.82, 2.24) is 0 Å². The zero-order chi connectivity index (χ0) is 13.0. The van der Waals surface area contributed by atoms with Gasteiger partial charge in [-0.1, -0.05) is 21.6 Å².